The van der Waals surface area contributed by atoms with Gasteiger partial charge in [0.25, 0.3) is 0 Å². The van der Waals surface area contributed by atoms with Crippen molar-refractivity contribution in [2.45, 2.75) is 39.2 Å². The molecule has 0 fully saturated rings. The molecule has 2 aromatic carbocycles. The third kappa shape index (κ3) is 4.53. The summed E-state index contributed by atoms with van der Waals surface area (Å²) >= 11 is 0. The molecule has 0 radical (unpaired) electrons. The molecule has 1 unspecified atom stereocenters. The van der Waals surface area contributed by atoms with Crippen LogP contribution in [-0.4, -0.2) is 19.1 Å². The molecule has 25 heavy (non-hydrogen) atoms. The summed E-state index contributed by atoms with van der Waals surface area (Å²) in [4.78, 5) is 12.3. The maximum Gasteiger partial charge on any atom is 0.220 e. The predicted molar refractivity (Wildman–Crippen MR) is 98.1 cm³/mol. The first-order chi connectivity index (χ1) is 12.1. The fraction of sp³-hybridized carbons (Fsp3) is 0.381. The monoisotopic (exact) mass is 339 g/mol. The molecule has 0 saturated carbocycles. The highest BCUT2D eigenvalue weighted by Gasteiger charge is 2.22. The van der Waals surface area contributed by atoms with Crippen LogP contribution in [0, 0.1) is 13.8 Å². The molecular formula is C21H25NO3. The lowest BCUT2D eigenvalue weighted by Gasteiger charge is -2.27. The van der Waals surface area contributed by atoms with Gasteiger partial charge in [0.2, 0.25) is 5.91 Å². The minimum Gasteiger partial charge on any atom is -0.493 e. The van der Waals surface area contributed by atoms with Gasteiger partial charge in [0, 0.05) is 18.4 Å². The standard InChI is InChI=1S/C21H25NO3/c1-15-9-10-20-17(14-15)18(11-13-25-20)22-21(23)8-5-12-24-19-7-4-3-6-16(19)2/h3-4,6-7,9-10,14,18H,5,8,11-13H2,1-2H3,(H,22,23). The summed E-state index contributed by atoms with van der Waals surface area (Å²) in [5.41, 5.74) is 3.37. The summed E-state index contributed by atoms with van der Waals surface area (Å²) in [6, 6.07) is 14.1. The number of carbonyl (C=O) groups excluding carboxylic acids is 1. The van der Waals surface area contributed by atoms with Crippen LogP contribution in [0.15, 0.2) is 42.5 Å². The molecule has 132 valence electrons. The molecule has 1 N–H and O–H groups in total. The van der Waals surface area contributed by atoms with E-state index >= 15 is 0 Å². The number of hydrogen-bond donors (Lipinski definition) is 1. The Morgan fingerprint density at radius 1 is 1.24 bits per heavy atom. The second-order valence-electron chi connectivity index (χ2n) is 6.52. The molecule has 1 heterocycles. The fourth-order valence-corrected chi connectivity index (χ4v) is 3.06. The summed E-state index contributed by atoms with van der Waals surface area (Å²) in [6.45, 7) is 5.25. The van der Waals surface area contributed by atoms with Crippen molar-refractivity contribution < 1.29 is 14.3 Å². The van der Waals surface area contributed by atoms with E-state index in [1.807, 2.05) is 43.3 Å². The van der Waals surface area contributed by atoms with Crippen molar-refractivity contribution >= 4 is 5.91 Å². The van der Waals surface area contributed by atoms with Gasteiger partial charge in [-0.1, -0.05) is 35.9 Å². The average molecular weight is 339 g/mol. The molecule has 0 bridgehead atoms. The second kappa shape index (κ2) is 8.06. The van der Waals surface area contributed by atoms with E-state index in [-0.39, 0.29) is 11.9 Å². The smallest absolute Gasteiger partial charge is 0.220 e. The van der Waals surface area contributed by atoms with Gasteiger partial charge in [0.05, 0.1) is 19.3 Å². The van der Waals surface area contributed by atoms with Crippen molar-refractivity contribution in [3.8, 4) is 11.5 Å². The molecule has 1 aliphatic heterocycles. The van der Waals surface area contributed by atoms with Crippen molar-refractivity contribution in [2.75, 3.05) is 13.2 Å². The maximum atomic E-state index is 12.3. The summed E-state index contributed by atoms with van der Waals surface area (Å²) < 4.78 is 11.4. The van der Waals surface area contributed by atoms with Crippen LogP contribution in [0.5, 0.6) is 11.5 Å². The molecule has 1 aliphatic rings. The number of carbonyl (C=O) groups is 1. The van der Waals surface area contributed by atoms with Crippen LogP contribution in [0.25, 0.3) is 0 Å². The number of benzene rings is 2. The van der Waals surface area contributed by atoms with Crippen LogP contribution in [0.3, 0.4) is 0 Å². The minimum absolute atomic E-state index is 0.0356. The van der Waals surface area contributed by atoms with Crippen molar-refractivity contribution in [3.63, 3.8) is 0 Å². The van der Waals surface area contributed by atoms with Crippen molar-refractivity contribution in [1.29, 1.82) is 0 Å². The number of aryl methyl sites for hydroxylation is 2. The highest BCUT2D eigenvalue weighted by Crippen LogP contribution is 2.32. The van der Waals surface area contributed by atoms with Crippen LogP contribution in [0.2, 0.25) is 0 Å². The van der Waals surface area contributed by atoms with Crippen LogP contribution < -0.4 is 14.8 Å². The molecule has 4 nitrogen and oxygen atoms in total. The Balaban J connectivity index is 1.47. The first-order valence-corrected chi connectivity index (χ1v) is 8.84. The largest absolute Gasteiger partial charge is 0.493 e. The number of hydrogen-bond acceptors (Lipinski definition) is 3. The summed E-state index contributed by atoms with van der Waals surface area (Å²) in [5, 5.41) is 3.14. The number of amides is 1. The molecule has 3 rings (SSSR count). The highest BCUT2D eigenvalue weighted by molar-refractivity contribution is 5.76. The number of para-hydroxylation sites is 1. The van der Waals surface area contributed by atoms with Gasteiger partial charge in [0.1, 0.15) is 11.5 Å². The first-order valence-electron chi connectivity index (χ1n) is 8.84. The van der Waals surface area contributed by atoms with E-state index in [0.717, 1.165) is 29.0 Å². The number of rotatable bonds is 6. The molecule has 1 amide bonds. The van der Waals surface area contributed by atoms with E-state index < -0.39 is 0 Å². The molecule has 0 spiro atoms. The van der Waals surface area contributed by atoms with Crippen molar-refractivity contribution in [2.24, 2.45) is 0 Å². The maximum absolute atomic E-state index is 12.3. The van der Waals surface area contributed by atoms with E-state index in [2.05, 4.69) is 18.3 Å². The number of fused-ring (bicyclic) bond motifs is 1. The molecule has 0 aromatic heterocycles. The minimum atomic E-state index is 0.0356. The van der Waals surface area contributed by atoms with Gasteiger partial charge in [-0.3, -0.25) is 4.79 Å². The summed E-state index contributed by atoms with van der Waals surface area (Å²) in [5.74, 6) is 1.83. The van der Waals surface area contributed by atoms with E-state index in [9.17, 15) is 4.79 Å². The second-order valence-corrected chi connectivity index (χ2v) is 6.52. The van der Waals surface area contributed by atoms with Gasteiger partial charge in [-0.2, -0.15) is 0 Å². The lowest BCUT2D eigenvalue weighted by atomic mass is 9.98. The van der Waals surface area contributed by atoms with Crippen LogP contribution in [0.4, 0.5) is 0 Å². The molecular weight excluding hydrogens is 314 g/mol. The van der Waals surface area contributed by atoms with Gasteiger partial charge in [-0.25, -0.2) is 0 Å². The van der Waals surface area contributed by atoms with Gasteiger partial charge in [-0.15, -0.1) is 0 Å². The third-order valence-corrected chi connectivity index (χ3v) is 4.44. The Morgan fingerprint density at radius 3 is 2.92 bits per heavy atom. The highest BCUT2D eigenvalue weighted by atomic mass is 16.5. The van der Waals surface area contributed by atoms with Crippen molar-refractivity contribution in [1.82, 2.24) is 5.32 Å². The van der Waals surface area contributed by atoms with E-state index in [1.54, 1.807) is 0 Å². The average Bonchev–Trinajstić information content (AvgIpc) is 2.61. The zero-order valence-electron chi connectivity index (χ0n) is 14.9. The number of nitrogens with one attached hydrogen (secondary N) is 1. The van der Waals surface area contributed by atoms with Crippen molar-refractivity contribution in [3.05, 3.63) is 59.2 Å². The topological polar surface area (TPSA) is 47.6 Å². The lowest BCUT2D eigenvalue weighted by molar-refractivity contribution is -0.122. The Labute approximate surface area is 149 Å². The normalized spacial score (nSPS) is 15.8. The first kappa shape index (κ1) is 17.3. The third-order valence-electron chi connectivity index (χ3n) is 4.44. The molecule has 4 heteroatoms. The van der Waals surface area contributed by atoms with E-state index in [1.165, 1.54) is 5.56 Å². The predicted octanol–water partition coefficient (Wildman–Crippen LogP) is 4.10. The number of ether oxygens (including phenoxy) is 2. The van der Waals surface area contributed by atoms with Crippen LogP contribution in [-0.2, 0) is 4.79 Å². The SMILES string of the molecule is Cc1ccc2c(c1)C(NC(=O)CCCOc1ccccc1C)CCO2. The molecule has 1 atom stereocenters. The van der Waals surface area contributed by atoms with Crippen LogP contribution in [0.1, 0.15) is 42.0 Å². The van der Waals surface area contributed by atoms with Gasteiger partial charge in [0.15, 0.2) is 0 Å². The molecule has 0 aliphatic carbocycles. The fourth-order valence-electron chi connectivity index (χ4n) is 3.06. The summed E-state index contributed by atoms with van der Waals surface area (Å²) in [7, 11) is 0. The lowest BCUT2D eigenvalue weighted by Crippen LogP contribution is -2.32. The van der Waals surface area contributed by atoms with Gasteiger partial charge >= 0.3 is 0 Å². The van der Waals surface area contributed by atoms with E-state index in [0.29, 0.717) is 26.1 Å². The van der Waals surface area contributed by atoms with E-state index in [4.69, 9.17) is 9.47 Å². The zero-order valence-corrected chi connectivity index (χ0v) is 14.9. The summed E-state index contributed by atoms with van der Waals surface area (Å²) in [6.07, 6.45) is 1.97. The Morgan fingerprint density at radius 2 is 2.08 bits per heavy atom. The van der Waals surface area contributed by atoms with Crippen LogP contribution >= 0.6 is 0 Å². The molecule has 0 saturated heterocycles. The quantitative estimate of drug-likeness (QED) is 0.806. The zero-order chi connectivity index (χ0) is 17.6. The van der Waals surface area contributed by atoms with Gasteiger partial charge < -0.3 is 14.8 Å². The van der Waals surface area contributed by atoms with Gasteiger partial charge in [-0.05, 0) is 38.0 Å². The Bertz CT molecular complexity index is 742. The Kier molecular flexibility index (Phi) is 5.59. The Hall–Kier alpha value is -2.49. The molecule has 2 aromatic rings.